The summed E-state index contributed by atoms with van der Waals surface area (Å²) in [5.74, 6) is 0. The molecule has 1 aromatic rings. The fourth-order valence-electron chi connectivity index (χ4n) is 1.47. The van der Waals surface area contributed by atoms with Crippen LogP contribution >= 0.6 is 11.8 Å². The van der Waals surface area contributed by atoms with E-state index in [2.05, 4.69) is 49.6 Å². The van der Waals surface area contributed by atoms with E-state index in [4.69, 9.17) is 0 Å². The summed E-state index contributed by atoms with van der Waals surface area (Å²) in [5, 5.41) is 1.48. The summed E-state index contributed by atoms with van der Waals surface area (Å²) in [7, 11) is 0. The predicted molar refractivity (Wildman–Crippen MR) is 69.4 cm³/mol. The summed E-state index contributed by atoms with van der Waals surface area (Å²) in [4.78, 5) is 4.39. The van der Waals surface area contributed by atoms with Gasteiger partial charge in [-0.1, -0.05) is 26.8 Å². The molecule has 0 spiro atoms. The van der Waals surface area contributed by atoms with Crippen molar-refractivity contribution in [1.29, 1.82) is 0 Å². The van der Waals surface area contributed by atoms with Crippen molar-refractivity contribution in [2.45, 2.75) is 50.5 Å². The van der Waals surface area contributed by atoms with Gasteiger partial charge in [0.1, 0.15) is 0 Å². The van der Waals surface area contributed by atoms with Gasteiger partial charge < -0.3 is 0 Å². The summed E-state index contributed by atoms with van der Waals surface area (Å²) in [6.07, 6.45) is 5.47. The Morgan fingerprint density at radius 1 is 1.27 bits per heavy atom. The molecule has 0 aromatic carbocycles. The van der Waals surface area contributed by atoms with E-state index in [1.807, 2.05) is 12.3 Å². The first-order chi connectivity index (χ1) is 7.26. The van der Waals surface area contributed by atoms with Crippen LogP contribution in [0.3, 0.4) is 0 Å². The molecule has 1 nitrogen and oxygen atoms in total. The van der Waals surface area contributed by atoms with Crippen LogP contribution in [0.1, 0.15) is 39.3 Å². The third-order valence-corrected chi connectivity index (χ3v) is 4.30. The number of thioether (sulfide) groups is 1. The smallest absolute Gasteiger partial charge is 0.0414 e. The number of nitrogens with zero attached hydrogens (tertiary/aromatic N) is 1. The average Bonchev–Trinajstić information content (AvgIpc) is 2.29. The topological polar surface area (TPSA) is 12.9 Å². The van der Waals surface area contributed by atoms with Crippen molar-refractivity contribution in [1.82, 2.24) is 4.98 Å². The van der Waals surface area contributed by atoms with Crippen molar-refractivity contribution in [2.75, 3.05) is 0 Å². The molecule has 0 fully saturated rings. The molecule has 1 rings (SSSR count). The van der Waals surface area contributed by atoms with Crippen LogP contribution < -0.4 is 0 Å². The van der Waals surface area contributed by atoms with Gasteiger partial charge in [-0.3, -0.25) is 4.98 Å². The Hall–Kier alpha value is -0.500. The summed E-state index contributed by atoms with van der Waals surface area (Å²) in [6.45, 7) is 6.83. The molecule has 0 radical (unpaired) electrons. The van der Waals surface area contributed by atoms with Crippen molar-refractivity contribution in [2.24, 2.45) is 0 Å². The highest BCUT2D eigenvalue weighted by atomic mass is 32.2. The Kier molecular flexibility index (Phi) is 5.77. The molecule has 1 aromatic heterocycles. The second-order valence-corrected chi connectivity index (χ2v) is 5.65. The fourth-order valence-corrected chi connectivity index (χ4v) is 2.77. The van der Waals surface area contributed by atoms with Gasteiger partial charge in [-0.05, 0) is 25.0 Å². The van der Waals surface area contributed by atoms with Crippen molar-refractivity contribution in [3.63, 3.8) is 0 Å². The molecule has 0 saturated carbocycles. The monoisotopic (exact) mass is 223 g/mol. The van der Waals surface area contributed by atoms with Gasteiger partial charge in [0.05, 0.1) is 0 Å². The van der Waals surface area contributed by atoms with Gasteiger partial charge in [-0.2, -0.15) is 11.8 Å². The molecule has 2 heteroatoms. The van der Waals surface area contributed by atoms with Crippen molar-refractivity contribution in [3.8, 4) is 0 Å². The van der Waals surface area contributed by atoms with Gasteiger partial charge in [-0.15, -0.1) is 0 Å². The lowest BCUT2D eigenvalue weighted by molar-refractivity contribution is 0.783. The largest absolute Gasteiger partial charge is 0.261 e. The number of hydrogen-bond acceptors (Lipinski definition) is 2. The predicted octanol–water partition coefficient (Wildman–Crippen LogP) is 3.93. The molecule has 2 atom stereocenters. The molecule has 0 aliphatic heterocycles. The molecule has 0 bridgehead atoms. The minimum Gasteiger partial charge on any atom is -0.261 e. The van der Waals surface area contributed by atoms with E-state index in [1.165, 1.54) is 18.5 Å². The second kappa shape index (κ2) is 6.89. The van der Waals surface area contributed by atoms with Crippen LogP contribution in [0.25, 0.3) is 0 Å². The van der Waals surface area contributed by atoms with E-state index in [9.17, 15) is 0 Å². The summed E-state index contributed by atoms with van der Waals surface area (Å²) < 4.78 is 0. The van der Waals surface area contributed by atoms with E-state index in [0.717, 1.165) is 16.9 Å². The number of pyridine rings is 1. The Morgan fingerprint density at radius 3 is 2.60 bits per heavy atom. The van der Waals surface area contributed by atoms with Crippen molar-refractivity contribution in [3.05, 3.63) is 30.1 Å². The van der Waals surface area contributed by atoms with E-state index in [1.54, 1.807) is 0 Å². The summed E-state index contributed by atoms with van der Waals surface area (Å²) >= 11 is 2.10. The van der Waals surface area contributed by atoms with Gasteiger partial charge in [0, 0.05) is 28.8 Å². The fraction of sp³-hybridized carbons (Fsp3) is 0.615. The van der Waals surface area contributed by atoms with Crippen LogP contribution in [0.4, 0.5) is 0 Å². The molecule has 0 N–H and O–H groups in total. The Balaban J connectivity index is 2.47. The molecule has 1 heterocycles. The first-order valence-corrected chi connectivity index (χ1v) is 6.75. The highest BCUT2D eigenvalue weighted by Crippen LogP contribution is 2.24. The SMILES string of the molecule is CCC(C)SC(CC)Cc1ccccn1. The van der Waals surface area contributed by atoms with Crippen LogP contribution in [-0.4, -0.2) is 15.5 Å². The standard InChI is InChI=1S/C13H21NS/c1-4-11(3)15-13(5-2)10-12-8-6-7-9-14-12/h6-9,11,13H,4-5,10H2,1-3H3. The average molecular weight is 223 g/mol. The second-order valence-electron chi connectivity index (χ2n) is 3.91. The van der Waals surface area contributed by atoms with Gasteiger partial charge in [-0.25, -0.2) is 0 Å². The quantitative estimate of drug-likeness (QED) is 0.724. The van der Waals surface area contributed by atoms with Crippen LogP contribution in [0.15, 0.2) is 24.4 Å². The van der Waals surface area contributed by atoms with Crippen molar-refractivity contribution >= 4 is 11.8 Å². The summed E-state index contributed by atoms with van der Waals surface area (Å²) in [5.41, 5.74) is 1.22. The minimum absolute atomic E-state index is 0.717. The zero-order valence-corrected chi connectivity index (χ0v) is 10.8. The van der Waals surface area contributed by atoms with Crippen LogP contribution in [-0.2, 0) is 6.42 Å². The molecular formula is C13H21NS. The third-order valence-electron chi connectivity index (χ3n) is 2.62. The first-order valence-electron chi connectivity index (χ1n) is 5.81. The van der Waals surface area contributed by atoms with Crippen LogP contribution in [0.5, 0.6) is 0 Å². The van der Waals surface area contributed by atoms with E-state index >= 15 is 0 Å². The van der Waals surface area contributed by atoms with Gasteiger partial charge in [0.15, 0.2) is 0 Å². The molecule has 2 unspecified atom stereocenters. The molecule has 0 aliphatic carbocycles. The normalized spacial score (nSPS) is 14.9. The van der Waals surface area contributed by atoms with E-state index < -0.39 is 0 Å². The zero-order chi connectivity index (χ0) is 11.1. The van der Waals surface area contributed by atoms with Crippen molar-refractivity contribution < 1.29 is 0 Å². The number of rotatable bonds is 6. The van der Waals surface area contributed by atoms with E-state index in [0.29, 0.717) is 0 Å². The zero-order valence-electron chi connectivity index (χ0n) is 9.94. The van der Waals surface area contributed by atoms with Crippen LogP contribution in [0.2, 0.25) is 0 Å². The maximum Gasteiger partial charge on any atom is 0.0414 e. The Morgan fingerprint density at radius 2 is 2.07 bits per heavy atom. The molecular weight excluding hydrogens is 202 g/mol. The Bertz CT molecular complexity index is 260. The summed E-state index contributed by atoms with van der Waals surface area (Å²) in [6, 6.07) is 6.18. The maximum atomic E-state index is 4.39. The van der Waals surface area contributed by atoms with E-state index in [-0.39, 0.29) is 0 Å². The molecule has 84 valence electrons. The third kappa shape index (κ3) is 4.70. The lowest BCUT2D eigenvalue weighted by Gasteiger charge is -2.18. The molecule has 0 aliphatic rings. The van der Waals surface area contributed by atoms with Gasteiger partial charge >= 0.3 is 0 Å². The molecule has 0 amide bonds. The minimum atomic E-state index is 0.717. The Labute approximate surface area is 97.7 Å². The van der Waals surface area contributed by atoms with Crippen LogP contribution in [0, 0.1) is 0 Å². The highest BCUT2D eigenvalue weighted by molar-refractivity contribution is 8.00. The highest BCUT2D eigenvalue weighted by Gasteiger charge is 2.11. The lowest BCUT2D eigenvalue weighted by atomic mass is 10.2. The molecule has 0 saturated heterocycles. The number of aromatic nitrogens is 1. The maximum absolute atomic E-state index is 4.39. The van der Waals surface area contributed by atoms with Gasteiger partial charge in [0.2, 0.25) is 0 Å². The first kappa shape index (κ1) is 12.6. The lowest BCUT2D eigenvalue weighted by Crippen LogP contribution is -2.11. The molecule has 15 heavy (non-hydrogen) atoms. The van der Waals surface area contributed by atoms with Gasteiger partial charge in [0.25, 0.3) is 0 Å². The number of hydrogen-bond donors (Lipinski definition) is 0.